The topological polar surface area (TPSA) is 37.8 Å². The van der Waals surface area contributed by atoms with Crippen molar-refractivity contribution in [2.24, 2.45) is 0 Å². The number of rotatable bonds is 5. The van der Waals surface area contributed by atoms with Crippen molar-refractivity contribution < 1.29 is 0 Å². The molecule has 1 aromatic carbocycles. The van der Waals surface area contributed by atoms with Gasteiger partial charge < -0.3 is 5.32 Å². The minimum absolute atomic E-state index is 0.639. The summed E-state index contributed by atoms with van der Waals surface area (Å²) in [5, 5.41) is 4.29. The highest BCUT2D eigenvalue weighted by Gasteiger charge is 2.27. The van der Waals surface area contributed by atoms with Crippen molar-refractivity contribution in [2.75, 3.05) is 5.32 Å². The smallest absolute Gasteiger partial charge is 0.202 e. The second-order valence-corrected chi connectivity index (χ2v) is 5.51. The highest BCUT2D eigenvalue weighted by molar-refractivity contribution is 7.09. The maximum absolute atomic E-state index is 4.52. The molecule has 3 nitrogen and oxygen atoms in total. The third-order valence-corrected chi connectivity index (χ3v) is 3.95. The van der Waals surface area contributed by atoms with E-state index in [0.717, 1.165) is 23.9 Å². The van der Waals surface area contributed by atoms with Gasteiger partial charge in [0.25, 0.3) is 0 Å². The third-order valence-electron chi connectivity index (χ3n) is 3.26. The van der Waals surface area contributed by atoms with Crippen molar-refractivity contribution >= 4 is 16.7 Å². The molecule has 0 saturated heterocycles. The second kappa shape index (κ2) is 5.06. The van der Waals surface area contributed by atoms with E-state index in [2.05, 4.69) is 45.9 Å². The normalized spacial score (nSPS) is 14.7. The summed E-state index contributed by atoms with van der Waals surface area (Å²) in [6, 6.07) is 8.73. The van der Waals surface area contributed by atoms with Crippen LogP contribution < -0.4 is 5.32 Å². The van der Waals surface area contributed by atoms with Gasteiger partial charge in [-0.1, -0.05) is 31.2 Å². The number of benzene rings is 1. The molecule has 1 N–H and O–H groups in total. The number of aryl methyl sites for hydroxylation is 1. The molecule has 4 heteroatoms. The predicted octanol–water partition coefficient (Wildman–Crippen LogP) is 3.59. The van der Waals surface area contributed by atoms with Crippen LogP contribution in [0.3, 0.4) is 0 Å². The Balaban J connectivity index is 1.58. The molecule has 0 spiro atoms. The summed E-state index contributed by atoms with van der Waals surface area (Å²) in [6.45, 7) is 3.00. The first-order valence-electron chi connectivity index (χ1n) is 6.50. The van der Waals surface area contributed by atoms with E-state index in [-0.39, 0.29) is 0 Å². The van der Waals surface area contributed by atoms with Gasteiger partial charge in [0.1, 0.15) is 5.82 Å². The summed E-state index contributed by atoms with van der Waals surface area (Å²) in [4.78, 5) is 4.52. The summed E-state index contributed by atoms with van der Waals surface area (Å²) in [5.41, 5.74) is 2.67. The minimum Gasteiger partial charge on any atom is -0.356 e. The van der Waals surface area contributed by atoms with Gasteiger partial charge in [-0.15, -0.1) is 0 Å². The van der Waals surface area contributed by atoms with Gasteiger partial charge in [0.05, 0.1) is 0 Å². The van der Waals surface area contributed by atoms with Crippen LogP contribution in [0, 0.1) is 0 Å². The van der Waals surface area contributed by atoms with Gasteiger partial charge in [-0.25, -0.2) is 4.98 Å². The fourth-order valence-electron chi connectivity index (χ4n) is 1.88. The van der Waals surface area contributed by atoms with Crippen molar-refractivity contribution in [2.45, 2.75) is 38.6 Å². The zero-order chi connectivity index (χ0) is 12.4. The molecule has 0 unspecified atom stereocenters. The molecule has 0 amide bonds. The Morgan fingerprint density at radius 1 is 1.22 bits per heavy atom. The Labute approximate surface area is 111 Å². The van der Waals surface area contributed by atoms with E-state index < -0.39 is 0 Å². The summed E-state index contributed by atoms with van der Waals surface area (Å²) in [6.07, 6.45) is 3.61. The van der Waals surface area contributed by atoms with Crippen LogP contribution in [0.25, 0.3) is 0 Å². The van der Waals surface area contributed by atoms with E-state index >= 15 is 0 Å². The van der Waals surface area contributed by atoms with Gasteiger partial charge in [0.15, 0.2) is 0 Å². The van der Waals surface area contributed by atoms with Crippen LogP contribution in [0.15, 0.2) is 24.3 Å². The first kappa shape index (κ1) is 11.7. The summed E-state index contributed by atoms with van der Waals surface area (Å²) in [7, 11) is 0. The SMILES string of the molecule is CCc1ccc(CNc2nc(C3CC3)ns2)cc1. The van der Waals surface area contributed by atoms with Crippen LogP contribution in [0.1, 0.15) is 42.6 Å². The van der Waals surface area contributed by atoms with E-state index in [0.29, 0.717) is 5.92 Å². The molecule has 0 atom stereocenters. The molecule has 1 aliphatic carbocycles. The lowest BCUT2D eigenvalue weighted by atomic mass is 10.1. The maximum Gasteiger partial charge on any atom is 0.202 e. The number of nitrogens with zero attached hydrogens (tertiary/aromatic N) is 2. The molecule has 3 rings (SSSR count). The van der Waals surface area contributed by atoms with E-state index in [1.165, 1.54) is 35.5 Å². The number of hydrogen-bond acceptors (Lipinski definition) is 4. The molecule has 0 bridgehead atoms. The lowest BCUT2D eigenvalue weighted by molar-refractivity contribution is 0.979. The van der Waals surface area contributed by atoms with E-state index in [9.17, 15) is 0 Å². The molecule has 94 valence electrons. The van der Waals surface area contributed by atoms with Crippen LogP contribution in [-0.4, -0.2) is 9.36 Å². The lowest BCUT2D eigenvalue weighted by Crippen LogP contribution is -1.99. The van der Waals surface area contributed by atoms with Crippen LogP contribution >= 0.6 is 11.5 Å². The maximum atomic E-state index is 4.52. The number of aromatic nitrogens is 2. The van der Waals surface area contributed by atoms with Gasteiger partial charge in [-0.2, -0.15) is 4.37 Å². The van der Waals surface area contributed by atoms with Gasteiger partial charge >= 0.3 is 0 Å². The Bertz CT molecular complexity index is 514. The van der Waals surface area contributed by atoms with Gasteiger partial charge in [0.2, 0.25) is 5.13 Å². The van der Waals surface area contributed by atoms with E-state index in [4.69, 9.17) is 0 Å². The zero-order valence-corrected chi connectivity index (χ0v) is 11.3. The standard InChI is InChI=1S/C14H17N3S/c1-2-10-3-5-11(6-4-10)9-15-14-16-13(17-18-14)12-7-8-12/h3-6,12H,2,7-9H2,1H3,(H,15,16,17). The largest absolute Gasteiger partial charge is 0.356 e. The predicted molar refractivity (Wildman–Crippen MR) is 75.0 cm³/mol. The lowest BCUT2D eigenvalue weighted by Gasteiger charge is -2.03. The Hall–Kier alpha value is -1.42. The fourth-order valence-corrected chi connectivity index (χ4v) is 2.53. The summed E-state index contributed by atoms with van der Waals surface area (Å²) >= 11 is 1.47. The number of nitrogens with one attached hydrogen (secondary N) is 1. The Kier molecular flexibility index (Phi) is 3.28. The monoisotopic (exact) mass is 259 g/mol. The quantitative estimate of drug-likeness (QED) is 0.891. The molecular formula is C14H17N3S. The summed E-state index contributed by atoms with van der Waals surface area (Å²) < 4.78 is 4.39. The molecular weight excluding hydrogens is 242 g/mol. The summed E-state index contributed by atoms with van der Waals surface area (Å²) in [5.74, 6) is 1.67. The van der Waals surface area contributed by atoms with Crippen molar-refractivity contribution in [3.8, 4) is 0 Å². The van der Waals surface area contributed by atoms with E-state index in [1.54, 1.807) is 0 Å². The molecule has 1 aliphatic rings. The molecule has 18 heavy (non-hydrogen) atoms. The zero-order valence-electron chi connectivity index (χ0n) is 10.5. The van der Waals surface area contributed by atoms with E-state index in [1.807, 2.05) is 0 Å². The molecule has 0 radical (unpaired) electrons. The van der Waals surface area contributed by atoms with Crippen molar-refractivity contribution in [1.29, 1.82) is 0 Å². The van der Waals surface area contributed by atoms with Crippen LogP contribution in [-0.2, 0) is 13.0 Å². The average molecular weight is 259 g/mol. The fraction of sp³-hybridized carbons (Fsp3) is 0.429. The van der Waals surface area contributed by atoms with Crippen molar-refractivity contribution in [3.05, 3.63) is 41.2 Å². The molecule has 2 aromatic rings. The van der Waals surface area contributed by atoms with Crippen molar-refractivity contribution in [1.82, 2.24) is 9.36 Å². The molecule has 1 fully saturated rings. The third kappa shape index (κ3) is 2.70. The highest BCUT2D eigenvalue weighted by Crippen LogP contribution is 2.39. The first-order chi connectivity index (χ1) is 8.85. The van der Waals surface area contributed by atoms with Crippen LogP contribution in [0.5, 0.6) is 0 Å². The van der Waals surface area contributed by atoms with Gasteiger partial charge in [0, 0.05) is 24.0 Å². The minimum atomic E-state index is 0.639. The van der Waals surface area contributed by atoms with Crippen molar-refractivity contribution in [3.63, 3.8) is 0 Å². The first-order valence-corrected chi connectivity index (χ1v) is 7.28. The molecule has 0 aliphatic heterocycles. The second-order valence-electron chi connectivity index (χ2n) is 4.76. The van der Waals surface area contributed by atoms with Crippen LogP contribution in [0.4, 0.5) is 5.13 Å². The number of anilines is 1. The molecule has 1 saturated carbocycles. The Morgan fingerprint density at radius 2 is 1.94 bits per heavy atom. The van der Waals surface area contributed by atoms with Crippen LogP contribution in [0.2, 0.25) is 0 Å². The highest BCUT2D eigenvalue weighted by atomic mass is 32.1. The Morgan fingerprint density at radius 3 is 2.61 bits per heavy atom. The molecule has 1 aromatic heterocycles. The molecule has 1 heterocycles. The number of hydrogen-bond donors (Lipinski definition) is 1. The van der Waals surface area contributed by atoms with Gasteiger partial charge in [-0.3, -0.25) is 0 Å². The van der Waals surface area contributed by atoms with Gasteiger partial charge in [-0.05, 0) is 30.4 Å². The average Bonchev–Trinajstić information content (AvgIpc) is 3.16.